The van der Waals surface area contributed by atoms with E-state index in [0.29, 0.717) is 0 Å². The van der Waals surface area contributed by atoms with Crippen molar-refractivity contribution < 1.29 is 23.1 Å². The third kappa shape index (κ3) is 3.75. The molecule has 8 heteroatoms. The van der Waals surface area contributed by atoms with Crippen molar-refractivity contribution in [2.45, 2.75) is 24.9 Å². The molecule has 0 aliphatic heterocycles. The second-order valence-corrected chi connectivity index (χ2v) is 6.23. The Hall–Kier alpha value is -1.51. The van der Waals surface area contributed by atoms with Crippen molar-refractivity contribution in [2.75, 3.05) is 20.3 Å². The van der Waals surface area contributed by atoms with Crippen molar-refractivity contribution in [1.82, 2.24) is 9.29 Å². The van der Waals surface area contributed by atoms with Crippen molar-refractivity contribution in [1.29, 1.82) is 0 Å². The maximum Gasteiger partial charge on any atom is 0.337 e. The number of carbonyl (C=O) groups is 1. The lowest BCUT2D eigenvalue weighted by molar-refractivity contribution is 0.0696. The molecule has 0 radical (unpaired) electrons. The molecule has 0 amide bonds. The third-order valence-electron chi connectivity index (χ3n) is 2.65. The summed E-state index contributed by atoms with van der Waals surface area (Å²) in [7, 11) is -2.27. The van der Waals surface area contributed by atoms with E-state index in [1.807, 2.05) is 0 Å². The van der Waals surface area contributed by atoms with Crippen LogP contribution in [0.2, 0.25) is 0 Å². The monoisotopic (exact) mass is 302 g/mol. The highest BCUT2D eigenvalue weighted by Crippen LogP contribution is 2.16. The van der Waals surface area contributed by atoms with Gasteiger partial charge in [-0.1, -0.05) is 0 Å². The molecular weight excluding hydrogens is 284 g/mol. The molecule has 0 aliphatic carbocycles. The molecule has 1 rings (SSSR count). The lowest BCUT2D eigenvalue weighted by Crippen LogP contribution is -2.39. The van der Waals surface area contributed by atoms with Gasteiger partial charge in [0.25, 0.3) is 10.0 Å². The molecule has 0 saturated heterocycles. The summed E-state index contributed by atoms with van der Waals surface area (Å²) in [5, 5.41) is 8.60. The minimum absolute atomic E-state index is 0.0584. The van der Waals surface area contributed by atoms with Crippen molar-refractivity contribution in [3.8, 4) is 0 Å². The van der Waals surface area contributed by atoms with Crippen LogP contribution in [0, 0.1) is 0 Å². The van der Waals surface area contributed by atoms with Gasteiger partial charge in [0.15, 0.2) is 5.03 Å². The van der Waals surface area contributed by atoms with Crippen LogP contribution in [0.1, 0.15) is 24.2 Å². The molecule has 1 N–H and O–H groups in total. The fourth-order valence-electron chi connectivity index (χ4n) is 1.62. The number of carboxylic acid groups (broad SMARTS) is 1. The normalized spacial score (nSPS) is 12.1. The number of methoxy groups -OCH3 is 1. The van der Waals surface area contributed by atoms with Crippen LogP contribution < -0.4 is 0 Å². The second kappa shape index (κ2) is 6.78. The topological polar surface area (TPSA) is 96.8 Å². The summed E-state index contributed by atoms with van der Waals surface area (Å²) in [6.45, 7) is 3.97. The van der Waals surface area contributed by atoms with Crippen LogP contribution >= 0.6 is 0 Å². The molecule has 0 spiro atoms. The maximum atomic E-state index is 12.4. The molecule has 0 atom stereocenters. The summed E-state index contributed by atoms with van der Waals surface area (Å²) in [4.78, 5) is 14.5. The number of pyridine rings is 1. The first-order valence-electron chi connectivity index (χ1n) is 6.00. The molecule has 0 bridgehead atoms. The Morgan fingerprint density at radius 1 is 1.45 bits per heavy atom. The Balaban J connectivity index is 3.09. The summed E-state index contributed by atoms with van der Waals surface area (Å²) >= 11 is 0. The van der Waals surface area contributed by atoms with Crippen LogP contribution in [0.25, 0.3) is 0 Å². The van der Waals surface area contributed by atoms with E-state index in [0.717, 1.165) is 6.20 Å². The molecule has 7 nitrogen and oxygen atoms in total. The highest BCUT2D eigenvalue weighted by molar-refractivity contribution is 7.89. The number of hydrogen-bond donors (Lipinski definition) is 1. The predicted octanol–water partition coefficient (Wildman–Crippen LogP) is 0.825. The van der Waals surface area contributed by atoms with Crippen molar-refractivity contribution in [3.05, 3.63) is 23.9 Å². The number of aromatic carboxylic acids is 1. The van der Waals surface area contributed by atoms with Crippen molar-refractivity contribution in [3.63, 3.8) is 0 Å². The van der Waals surface area contributed by atoms with Crippen molar-refractivity contribution in [2.24, 2.45) is 0 Å². The van der Waals surface area contributed by atoms with Crippen LogP contribution in [-0.4, -0.2) is 55.1 Å². The molecule has 0 unspecified atom stereocenters. The van der Waals surface area contributed by atoms with E-state index < -0.39 is 16.0 Å². The summed E-state index contributed by atoms with van der Waals surface area (Å²) in [5.41, 5.74) is -0.0584. The molecule has 20 heavy (non-hydrogen) atoms. The molecular formula is C12H18N2O5S. The average Bonchev–Trinajstić information content (AvgIpc) is 2.38. The van der Waals surface area contributed by atoms with Gasteiger partial charge >= 0.3 is 5.97 Å². The Bertz CT molecular complexity index is 554. The highest BCUT2D eigenvalue weighted by atomic mass is 32.2. The van der Waals surface area contributed by atoms with Crippen LogP contribution in [0.3, 0.4) is 0 Å². The van der Waals surface area contributed by atoms with E-state index in [9.17, 15) is 13.2 Å². The van der Waals surface area contributed by atoms with Gasteiger partial charge in [-0.3, -0.25) is 0 Å². The smallest absolute Gasteiger partial charge is 0.337 e. The van der Waals surface area contributed by atoms with E-state index in [-0.39, 0.29) is 29.8 Å². The number of nitrogens with zero attached hydrogens (tertiary/aromatic N) is 2. The van der Waals surface area contributed by atoms with Gasteiger partial charge in [0.2, 0.25) is 0 Å². The molecule has 1 aromatic rings. The molecule has 0 aromatic carbocycles. The van der Waals surface area contributed by atoms with Gasteiger partial charge < -0.3 is 9.84 Å². The predicted molar refractivity (Wildman–Crippen MR) is 72.1 cm³/mol. The quantitative estimate of drug-likeness (QED) is 0.801. The standard InChI is InChI=1S/C12H18N2O5S/c1-9(2)14(6-7-19-3)20(17,18)11-5-4-10(8-13-11)12(15)16/h4-5,8-9H,6-7H2,1-3H3,(H,15,16). The van der Waals surface area contributed by atoms with E-state index in [1.165, 1.54) is 23.5 Å². The molecule has 0 saturated carbocycles. The summed E-state index contributed by atoms with van der Waals surface area (Å²) in [6, 6.07) is 2.16. The Labute approximate surface area is 118 Å². The first kappa shape index (κ1) is 16.5. The van der Waals surface area contributed by atoms with Crippen LogP contribution in [0.4, 0.5) is 0 Å². The first-order chi connectivity index (χ1) is 9.30. The van der Waals surface area contributed by atoms with Gasteiger partial charge in [-0.2, -0.15) is 4.31 Å². The minimum atomic E-state index is -3.77. The lowest BCUT2D eigenvalue weighted by Gasteiger charge is -2.25. The Morgan fingerprint density at radius 3 is 2.50 bits per heavy atom. The SMILES string of the molecule is COCCN(C(C)C)S(=O)(=O)c1ccc(C(=O)O)cn1. The fourth-order valence-corrected chi connectivity index (χ4v) is 3.15. The molecule has 112 valence electrons. The zero-order chi connectivity index (χ0) is 15.3. The Morgan fingerprint density at radius 2 is 2.10 bits per heavy atom. The number of rotatable bonds is 7. The third-order valence-corrected chi connectivity index (χ3v) is 4.64. The average molecular weight is 302 g/mol. The van der Waals surface area contributed by atoms with Gasteiger partial charge in [-0.15, -0.1) is 0 Å². The second-order valence-electron chi connectivity index (χ2n) is 4.39. The summed E-state index contributed by atoms with van der Waals surface area (Å²) in [6.07, 6.45) is 1.03. The van der Waals surface area contributed by atoms with E-state index in [4.69, 9.17) is 9.84 Å². The molecule has 0 fully saturated rings. The van der Waals surface area contributed by atoms with E-state index >= 15 is 0 Å². The number of aromatic nitrogens is 1. The number of ether oxygens (including phenoxy) is 1. The van der Waals surface area contributed by atoms with E-state index in [1.54, 1.807) is 13.8 Å². The first-order valence-corrected chi connectivity index (χ1v) is 7.45. The zero-order valence-corrected chi connectivity index (χ0v) is 12.4. The van der Waals surface area contributed by atoms with Gasteiger partial charge in [0, 0.05) is 25.9 Å². The lowest BCUT2D eigenvalue weighted by atomic mass is 10.3. The van der Waals surface area contributed by atoms with Crippen LogP contribution in [-0.2, 0) is 14.8 Å². The van der Waals surface area contributed by atoms with Gasteiger partial charge in [0.05, 0.1) is 12.2 Å². The zero-order valence-electron chi connectivity index (χ0n) is 11.6. The highest BCUT2D eigenvalue weighted by Gasteiger charge is 2.28. The number of hydrogen-bond acceptors (Lipinski definition) is 5. The minimum Gasteiger partial charge on any atom is -0.478 e. The summed E-state index contributed by atoms with van der Waals surface area (Å²) < 4.78 is 31.0. The Kier molecular flexibility index (Phi) is 5.61. The summed E-state index contributed by atoms with van der Waals surface area (Å²) in [5.74, 6) is -1.15. The van der Waals surface area contributed by atoms with Crippen LogP contribution in [0.5, 0.6) is 0 Å². The molecule has 1 aromatic heterocycles. The van der Waals surface area contributed by atoms with E-state index in [2.05, 4.69) is 4.98 Å². The maximum absolute atomic E-state index is 12.4. The number of carboxylic acids is 1. The fraction of sp³-hybridized carbons (Fsp3) is 0.500. The van der Waals surface area contributed by atoms with Gasteiger partial charge in [-0.25, -0.2) is 18.2 Å². The molecule has 1 heterocycles. The molecule has 0 aliphatic rings. The number of sulfonamides is 1. The van der Waals surface area contributed by atoms with Crippen LogP contribution in [0.15, 0.2) is 23.4 Å². The van der Waals surface area contributed by atoms with Gasteiger partial charge in [0.1, 0.15) is 0 Å². The van der Waals surface area contributed by atoms with Gasteiger partial charge in [-0.05, 0) is 26.0 Å². The van der Waals surface area contributed by atoms with Crippen molar-refractivity contribution >= 4 is 16.0 Å². The largest absolute Gasteiger partial charge is 0.478 e.